The highest BCUT2D eigenvalue weighted by atomic mass is 32.2. The number of nitrogens with zero attached hydrogens (tertiary/aromatic N) is 3. The van der Waals surface area contributed by atoms with Crippen molar-refractivity contribution in [1.82, 2.24) is 9.97 Å². The van der Waals surface area contributed by atoms with Crippen LogP contribution in [0.3, 0.4) is 0 Å². The first-order valence-electron chi connectivity index (χ1n) is 7.65. The molecule has 1 amide bonds. The Hall–Kier alpha value is -1.40. The predicted molar refractivity (Wildman–Crippen MR) is 100 cm³/mol. The molecule has 2 aromatic heterocycles. The van der Waals surface area contributed by atoms with E-state index in [0.717, 1.165) is 27.0 Å². The number of anilines is 1. The van der Waals surface area contributed by atoms with E-state index >= 15 is 0 Å². The van der Waals surface area contributed by atoms with Crippen molar-refractivity contribution in [1.29, 1.82) is 0 Å². The minimum Gasteiger partial charge on any atom is -0.299 e. The monoisotopic (exact) mass is 349 g/mol. The van der Waals surface area contributed by atoms with Gasteiger partial charge in [0.15, 0.2) is 0 Å². The number of pyridine rings is 1. The second-order valence-electron chi connectivity index (χ2n) is 5.81. The molecule has 0 aromatic carbocycles. The Balaban J connectivity index is 2.37. The summed E-state index contributed by atoms with van der Waals surface area (Å²) in [5.74, 6) is 0.990. The molecule has 1 unspecified atom stereocenters. The van der Waals surface area contributed by atoms with Crippen LogP contribution in [0.25, 0.3) is 10.6 Å². The minimum absolute atomic E-state index is 0.00394. The highest BCUT2D eigenvalue weighted by Crippen LogP contribution is 2.36. The number of aromatic nitrogens is 2. The third kappa shape index (κ3) is 4.12. The van der Waals surface area contributed by atoms with Gasteiger partial charge >= 0.3 is 0 Å². The molecule has 6 heteroatoms. The summed E-state index contributed by atoms with van der Waals surface area (Å²) >= 11 is 3.26. The quantitative estimate of drug-likeness (QED) is 0.782. The Kier molecular flexibility index (Phi) is 6.18. The first kappa shape index (κ1) is 17.9. The topological polar surface area (TPSA) is 46.1 Å². The summed E-state index contributed by atoms with van der Waals surface area (Å²) in [6, 6.07) is 4.00. The molecule has 0 N–H and O–H groups in total. The molecule has 2 heterocycles. The Morgan fingerprint density at radius 2 is 2.13 bits per heavy atom. The van der Waals surface area contributed by atoms with Crippen LogP contribution in [0.5, 0.6) is 0 Å². The highest BCUT2D eigenvalue weighted by Gasteiger charge is 2.27. The van der Waals surface area contributed by atoms with Crippen molar-refractivity contribution in [3.8, 4) is 10.6 Å². The lowest BCUT2D eigenvalue weighted by Gasteiger charge is -2.28. The van der Waals surface area contributed by atoms with Gasteiger partial charge in [0.25, 0.3) is 0 Å². The van der Waals surface area contributed by atoms with Crippen molar-refractivity contribution < 1.29 is 4.79 Å². The van der Waals surface area contributed by atoms with Crippen LogP contribution in [0, 0.1) is 12.8 Å². The number of hydrogen-bond donors (Lipinski definition) is 0. The molecule has 0 spiro atoms. The molecule has 0 saturated heterocycles. The predicted octanol–water partition coefficient (Wildman–Crippen LogP) is 4.25. The molecule has 1 atom stereocenters. The molecule has 0 fully saturated rings. The van der Waals surface area contributed by atoms with E-state index in [1.54, 1.807) is 35.5 Å². The molecule has 23 heavy (non-hydrogen) atoms. The second kappa shape index (κ2) is 7.93. The molecule has 0 saturated carbocycles. The van der Waals surface area contributed by atoms with E-state index in [1.807, 2.05) is 51.0 Å². The summed E-state index contributed by atoms with van der Waals surface area (Å²) in [7, 11) is 0. The molecule has 0 aliphatic heterocycles. The van der Waals surface area contributed by atoms with E-state index in [2.05, 4.69) is 9.97 Å². The number of aryl methyl sites for hydroxylation is 1. The third-order valence-electron chi connectivity index (χ3n) is 3.49. The fourth-order valence-electron chi connectivity index (χ4n) is 2.37. The molecule has 0 aliphatic rings. The summed E-state index contributed by atoms with van der Waals surface area (Å²) in [6.45, 7) is 8.05. The minimum atomic E-state index is -0.00394. The van der Waals surface area contributed by atoms with Gasteiger partial charge in [-0.15, -0.1) is 0 Å². The number of amides is 1. The number of thioether (sulfide) groups is 1. The summed E-state index contributed by atoms with van der Waals surface area (Å²) < 4.78 is 0. The first-order chi connectivity index (χ1) is 11.0. The maximum absolute atomic E-state index is 12.9. The lowest BCUT2D eigenvalue weighted by molar-refractivity contribution is -0.121. The second-order valence-corrected chi connectivity index (χ2v) is 7.70. The SMILES string of the molecule is CSCC(C)C(=O)N(c1sc(-c2cccnc2)nc1C)C(C)C. The van der Waals surface area contributed by atoms with Gasteiger partial charge < -0.3 is 0 Å². The number of carbonyl (C=O) groups is 1. The molecular weight excluding hydrogens is 326 g/mol. The summed E-state index contributed by atoms with van der Waals surface area (Å²) in [5, 5.41) is 1.85. The maximum atomic E-state index is 12.9. The molecule has 2 aromatic rings. The van der Waals surface area contributed by atoms with Crippen LogP contribution in [-0.2, 0) is 4.79 Å². The smallest absolute Gasteiger partial charge is 0.231 e. The van der Waals surface area contributed by atoms with Gasteiger partial charge in [-0.1, -0.05) is 18.3 Å². The van der Waals surface area contributed by atoms with Crippen molar-refractivity contribution in [3.05, 3.63) is 30.2 Å². The van der Waals surface area contributed by atoms with Gasteiger partial charge in [0.1, 0.15) is 10.0 Å². The first-order valence-corrected chi connectivity index (χ1v) is 9.86. The van der Waals surface area contributed by atoms with E-state index in [0.29, 0.717) is 0 Å². The summed E-state index contributed by atoms with van der Waals surface area (Å²) in [5.41, 5.74) is 1.88. The standard InChI is InChI=1S/C17H23N3OS2/c1-11(2)20(16(21)12(3)10-22-5)17-13(4)19-15(23-17)14-7-6-8-18-9-14/h6-9,11-12H,10H2,1-5H3. The molecule has 0 radical (unpaired) electrons. The van der Waals surface area contributed by atoms with Crippen LogP contribution in [0.1, 0.15) is 26.5 Å². The normalized spacial score (nSPS) is 12.4. The number of rotatable bonds is 6. The van der Waals surface area contributed by atoms with Crippen molar-refractivity contribution in [2.75, 3.05) is 16.9 Å². The van der Waals surface area contributed by atoms with Crippen LogP contribution in [0.2, 0.25) is 0 Å². The average molecular weight is 350 g/mol. The lowest BCUT2D eigenvalue weighted by Crippen LogP contribution is -2.41. The zero-order valence-electron chi connectivity index (χ0n) is 14.2. The largest absolute Gasteiger partial charge is 0.299 e. The third-order valence-corrected chi connectivity index (χ3v) is 5.53. The van der Waals surface area contributed by atoms with Crippen molar-refractivity contribution in [2.45, 2.75) is 33.7 Å². The Bertz CT molecular complexity index is 655. The van der Waals surface area contributed by atoms with E-state index in [9.17, 15) is 4.79 Å². The molecule has 2 rings (SSSR count). The van der Waals surface area contributed by atoms with Gasteiger partial charge in [0.05, 0.1) is 5.69 Å². The Morgan fingerprint density at radius 3 is 2.70 bits per heavy atom. The van der Waals surface area contributed by atoms with Crippen LogP contribution in [0.4, 0.5) is 5.00 Å². The van der Waals surface area contributed by atoms with Crippen molar-refractivity contribution in [2.24, 2.45) is 5.92 Å². The van der Waals surface area contributed by atoms with Gasteiger partial charge in [-0.2, -0.15) is 11.8 Å². The fourth-order valence-corrected chi connectivity index (χ4v) is 4.21. The van der Waals surface area contributed by atoms with Gasteiger partial charge in [0, 0.05) is 35.7 Å². The van der Waals surface area contributed by atoms with Gasteiger partial charge in [-0.3, -0.25) is 14.7 Å². The molecule has 0 bridgehead atoms. The van der Waals surface area contributed by atoms with Crippen molar-refractivity contribution in [3.63, 3.8) is 0 Å². The number of hydrogen-bond acceptors (Lipinski definition) is 5. The molecular formula is C17H23N3OS2. The fraction of sp³-hybridized carbons (Fsp3) is 0.471. The number of thiazole rings is 1. The Labute approximate surface area is 146 Å². The molecule has 4 nitrogen and oxygen atoms in total. The van der Waals surface area contributed by atoms with Crippen molar-refractivity contribution >= 4 is 34.0 Å². The number of carbonyl (C=O) groups excluding carboxylic acids is 1. The zero-order chi connectivity index (χ0) is 17.0. The average Bonchev–Trinajstić information content (AvgIpc) is 2.90. The summed E-state index contributed by atoms with van der Waals surface area (Å²) in [6.07, 6.45) is 5.58. The van der Waals surface area contributed by atoms with Crippen LogP contribution in [-0.4, -0.2) is 33.9 Å². The molecule has 124 valence electrons. The lowest BCUT2D eigenvalue weighted by atomic mass is 10.1. The van der Waals surface area contributed by atoms with E-state index in [1.165, 1.54) is 0 Å². The van der Waals surface area contributed by atoms with E-state index in [-0.39, 0.29) is 17.9 Å². The van der Waals surface area contributed by atoms with Gasteiger partial charge in [-0.25, -0.2) is 4.98 Å². The molecule has 0 aliphatic carbocycles. The van der Waals surface area contributed by atoms with E-state index < -0.39 is 0 Å². The highest BCUT2D eigenvalue weighted by molar-refractivity contribution is 7.98. The van der Waals surface area contributed by atoms with Crippen LogP contribution in [0.15, 0.2) is 24.5 Å². The van der Waals surface area contributed by atoms with Crippen LogP contribution >= 0.6 is 23.1 Å². The maximum Gasteiger partial charge on any atom is 0.231 e. The summed E-state index contributed by atoms with van der Waals surface area (Å²) in [4.78, 5) is 23.6. The van der Waals surface area contributed by atoms with Crippen LogP contribution < -0.4 is 4.90 Å². The Morgan fingerprint density at radius 1 is 1.39 bits per heavy atom. The zero-order valence-corrected chi connectivity index (χ0v) is 15.9. The van der Waals surface area contributed by atoms with Gasteiger partial charge in [0.2, 0.25) is 5.91 Å². The van der Waals surface area contributed by atoms with E-state index in [4.69, 9.17) is 0 Å². The van der Waals surface area contributed by atoms with Gasteiger partial charge in [-0.05, 0) is 39.2 Å².